The second-order valence-corrected chi connectivity index (χ2v) is 13.4. The van der Waals surface area contributed by atoms with Crippen LogP contribution in [0.4, 0.5) is 10.5 Å². The van der Waals surface area contributed by atoms with Crippen LogP contribution in [0.15, 0.2) is 66.7 Å². The van der Waals surface area contributed by atoms with Gasteiger partial charge in [-0.25, -0.2) is 4.79 Å². The number of anilines is 1. The molecule has 3 aromatic rings. The van der Waals surface area contributed by atoms with Gasteiger partial charge in [-0.3, -0.25) is 9.59 Å². The molecule has 7 nitrogen and oxygen atoms in total. The minimum absolute atomic E-state index is 0.0145. The Hall–Kier alpha value is -3.55. The molecule has 3 amide bonds. The molecule has 0 aliphatic carbocycles. The molecule has 1 atom stereocenters. The number of carbonyl (C=O) groups is 3. The number of hydrogen-bond acceptors (Lipinski definition) is 4. The molecule has 0 aromatic heterocycles. The van der Waals surface area contributed by atoms with E-state index in [1.54, 1.807) is 40.1 Å². The maximum absolute atomic E-state index is 13.8. The van der Waals surface area contributed by atoms with Gasteiger partial charge in [-0.2, -0.15) is 0 Å². The topological polar surface area (TPSA) is 79.0 Å². The van der Waals surface area contributed by atoms with Crippen molar-refractivity contribution in [2.24, 2.45) is 0 Å². The highest BCUT2D eigenvalue weighted by molar-refractivity contribution is 6.35. The zero-order valence-electron chi connectivity index (χ0n) is 24.8. The zero-order chi connectivity index (χ0) is 30.8. The molecule has 0 spiro atoms. The fourth-order valence-corrected chi connectivity index (χ4v) is 5.29. The lowest BCUT2D eigenvalue weighted by Gasteiger charge is -2.42. The Balaban J connectivity index is 1.55. The molecule has 1 aliphatic rings. The SMILES string of the molecule is CC(C)(C)OC(=O)N1CCN(C(=O)c2ccc(NC(=O)c3cc(Cl)cc(Cl)c3)cc2)C(c2ccc(C(C)(C)C)cc2)C1. The van der Waals surface area contributed by atoms with Crippen LogP contribution in [-0.4, -0.2) is 52.9 Å². The van der Waals surface area contributed by atoms with Crippen molar-refractivity contribution in [2.45, 2.75) is 58.6 Å². The van der Waals surface area contributed by atoms with E-state index in [2.05, 4.69) is 38.2 Å². The number of nitrogens with one attached hydrogen (secondary N) is 1. The van der Waals surface area contributed by atoms with Crippen LogP contribution in [0.1, 0.15) is 79.4 Å². The largest absolute Gasteiger partial charge is 0.444 e. The summed E-state index contributed by atoms with van der Waals surface area (Å²) in [6.45, 7) is 13.0. The minimum Gasteiger partial charge on any atom is -0.444 e. The predicted octanol–water partition coefficient (Wildman–Crippen LogP) is 7.98. The molecule has 1 aliphatic heterocycles. The highest BCUT2D eigenvalue weighted by atomic mass is 35.5. The monoisotopic (exact) mass is 609 g/mol. The molecule has 0 bridgehead atoms. The van der Waals surface area contributed by atoms with Crippen molar-refractivity contribution in [3.8, 4) is 0 Å². The second kappa shape index (κ2) is 12.4. The molecule has 1 saturated heterocycles. The lowest BCUT2D eigenvalue weighted by atomic mass is 9.86. The first kappa shape index (κ1) is 31.4. The highest BCUT2D eigenvalue weighted by Gasteiger charge is 2.36. The summed E-state index contributed by atoms with van der Waals surface area (Å²) >= 11 is 12.1. The van der Waals surface area contributed by atoms with Gasteiger partial charge in [0.05, 0.1) is 6.04 Å². The number of rotatable bonds is 4. The van der Waals surface area contributed by atoms with Gasteiger partial charge in [0.1, 0.15) is 5.60 Å². The van der Waals surface area contributed by atoms with Gasteiger partial charge in [-0.1, -0.05) is 68.2 Å². The molecule has 1 fully saturated rings. The number of halogens is 2. The number of benzene rings is 3. The Morgan fingerprint density at radius 1 is 0.810 bits per heavy atom. The van der Waals surface area contributed by atoms with E-state index < -0.39 is 11.7 Å². The maximum atomic E-state index is 13.8. The molecule has 1 N–H and O–H groups in total. The number of hydrogen-bond donors (Lipinski definition) is 1. The van der Waals surface area contributed by atoms with Gasteiger partial charge in [0, 0.05) is 46.5 Å². The number of nitrogens with zero attached hydrogens (tertiary/aromatic N) is 2. The third-order valence-corrected chi connectivity index (χ3v) is 7.41. The molecule has 42 heavy (non-hydrogen) atoms. The van der Waals surface area contributed by atoms with E-state index in [9.17, 15) is 14.4 Å². The molecular weight excluding hydrogens is 573 g/mol. The summed E-state index contributed by atoms with van der Waals surface area (Å²) in [4.78, 5) is 42.9. The fourth-order valence-electron chi connectivity index (χ4n) is 4.76. The summed E-state index contributed by atoms with van der Waals surface area (Å²) in [6.07, 6.45) is -0.396. The summed E-state index contributed by atoms with van der Waals surface area (Å²) in [5.41, 5.74) is 2.81. The van der Waals surface area contributed by atoms with Crippen LogP contribution < -0.4 is 5.32 Å². The molecule has 0 radical (unpaired) electrons. The Kier molecular flexibility index (Phi) is 9.24. The molecule has 3 aromatic carbocycles. The van der Waals surface area contributed by atoms with Crippen LogP contribution in [0.3, 0.4) is 0 Å². The van der Waals surface area contributed by atoms with Crippen LogP contribution >= 0.6 is 23.2 Å². The van der Waals surface area contributed by atoms with Crippen molar-refractivity contribution < 1.29 is 19.1 Å². The summed E-state index contributed by atoms with van der Waals surface area (Å²) in [6, 6.07) is 19.2. The Morgan fingerprint density at radius 2 is 1.40 bits per heavy atom. The van der Waals surface area contributed by atoms with E-state index in [4.69, 9.17) is 27.9 Å². The molecule has 1 heterocycles. The second-order valence-electron chi connectivity index (χ2n) is 12.5. The quantitative estimate of drug-likeness (QED) is 0.325. The molecule has 4 rings (SSSR count). The molecular formula is C33H37Cl2N3O4. The van der Waals surface area contributed by atoms with Crippen molar-refractivity contribution in [2.75, 3.05) is 25.0 Å². The first-order valence-electron chi connectivity index (χ1n) is 13.9. The number of carbonyl (C=O) groups excluding carboxylic acids is 3. The van der Waals surface area contributed by atoms with Gasteiger partial charge in [-0.15, -0.1) is 0 Å². The van der Waals surface area contributed by atoms with Crippen LogP contribution in [0, 0.1) is 0 Å². The number of ether oxygens (including phenoxy) is 1. The molecule has 222 valence electrons. The van der Waals surface area contributed by atoms with Crippen LogP contribution in [0.5, 0.6) is 0 Å². The van der Waals surface area contributed by atoms with Crippen LogP contribution in [0.25, 0.3) is 0 Å². The highest BCUT2D eigenvalue weighted by Crippen LogP contribution is 2.31. The van der Waals surface area contributed by atoms with Gasteiger partial charge in [0.25, 0.3) is 11.8 Å². The Morgan fingerprint density at radius 3 is 1.95 bits per heavy atom. The van der Waals surface area contributed by atoms with E-state index in [0.29, 0.717) is 46.5 Å². The lowest BCUT2D eigenvalue weighted by molar-refractivity contribution is 0.00408. The van der Waals surface area contributed by atoms with Gasteiger partial charge in [0.2, 0.25) is 0 Å². The summed E-state index contributed by atoms with van der Waals surface area (Å²) < 4.78 is 5.63. The van der Waals surface area contributed by atoms with E-state index in [1.807, 2.05) is 32.9 Å². The fraction of sp³-hybridized carbons (Fsp3) is 0.364. The summed E-state index contributed by atoms with van der Waals surface area (Å²) in [7, 11) is 0. The summed E-state index contributed by atoms with van der Waals surface area (Å²) in [5.74, 6) is -0.529. The Bertz CT molecular complexity index is 1440. The van der Waals surface area contributed by atoms with Crippen molar-refractivity contribution >= 4 is 46.8 Å². The predicted molar refractivity (Wildman–Crippen MR) is 168 cm³/mol. The third kappa shape index (κ3) is 7.84. The van der Waals surface area contributed by atoms with Gasteiger partial charge in [0.15, 0.2) is 0 Å². The minimum atomic E-state index is -0.621. The van der Waals surface area contributed by atoms with Gasteiger partial charge >= 0.3 is 6.09 Å². The molecule has 9 heteroatoms. The maximum Gasteiger partial charge on any atom is 0.410 e. The van der Waals surface area contributed by atoms with E-state index in [0.717, 1.165) is 5.56 Å². The van der Waals surface area contributed by atoms with E-state index in [-0.39, 0.29) is 23.3 Å². The smallest absolute Gasteiger partial charge is 0.410 e. The normalized spacial score (nSPS) is 15.8. The molecule has 0 saturated carbocycles. The summed E-state index contributed by atoms with van der Waals surface area (Å²) in [5, 5.41) is 3.54. The van der Waals surface area contributed by atoms with Crippen LogP contribution in [-0.2, 0) is 10.2 Å². The van der Waals surface area contributed by atoms with Crippen molar-refractivity contribution in [3.63, 3.8) is 0 Å². The average molecular weight is 611 g/mol. The van der Waals surface area contributed by atoms with E-state index in [1.165, 1.54) is 17.7 Å². The van der Waals surface area contributed by atoms with E-state index >= 15 is 0 Å². The number of piperazine rings is 1. The molecule has 1 unspecified atom stereocenters. The standard InChI is InChI=1S/C33H37Cl2N3O4/c1-32(2,3)24-11-7-21(8-12-24)28-20-37(31(41)42-33(4,5)6)15-16-38(28)30(40)22-9-13-27(14-10-22)36-29(39)23-17-25(34)19-26(35)18-23/h7-14,17-19,28H,15-16,20H2,1-6H3,(H,36,39). The van der Waals surface area contributed by atoms with Crippen molar-refractivity contribution in [3.05, 3.63) is 99.0 Å². The van der Waals surface area contributed by atoms with Crippen molar-refractivity contribution in [1.82, 2.24) is 9.80 Å². The first-order chi connectivity index (χ1) is 19.6. The van der Waals surface area contributed by atoms with Crippen molar-refractivity contribution in [1.29, 1.82) is 0 Å². The third-order valence-electron chi connectivity index (χ3n) is 6.97. The zero-order valence-corrected chi connectivity index (χ0v) is 26.3. The lowest BCUT2D eigenvalue weighted by Crippen LogP contribution is -2.53. The number of amides is 3. The first-order valence-corrected chi connectivity index (χ1v) is 14.6. The van der Waals surface area contributed by atoms with Gasteiger partial charge < -0.3 is 19.9 Å². The van der Waals surface area contributed by atoms with Gasteiger partial charge in [-0.05, 0) is 79.8 Å². The average Bonchev–Trinajstić information content (AvgIpc) is 2.91. The van der Waals surface area contributed by atoms with Crippen LogP contribution in [0.2, 0.25) is 10.0 Å². The Labute approximate surface area is 257 Å².